The van der Waals surface area contributed by atoms with E-state index in [1.807, 2.05) is 30.3 Å². The maximum atomic E-state index is 9.56. The van der Waals surface area contributed by atoms with Crippen LogP contribution in [0.4, 0.5) is 0 Å². The van der Waals surface area contributed by atoms with Gasteiger partial charge in [-0.15, -0.1) is 0 Å². The Morgan fingerprint density at radius 2 is 1.24 bits per heavy atom. The van der Waals surface area contributed by atoms with Gasteiger partial charge in [-0.1, -0.05) is 127 Å². The van der Waals surface area contributed by atoms with Crippen molar-refractivity contribution in [1.82, 2.24) is 0 Å². The van der Waals surface area contributed by atoms with Crippen LogP contribution in [-0.2, 0) is 0 Å². The fourth-order valence-corrected chi connectivity index (χ4v) is 5.76. The minimum Gasteiger partial charge on any atom is -0.455 e. The zero-order chi connectivity index (χ0) is 40.8. The van der Waals surface area contributed by atoms with Crippen molar-refractivity contribution in [3.8, 4) is 22.3 Å². The molecule has 1 heterocycles. The largest absolute Gasteiger partial charge is 0.455 e. The predicted molar refractivity (Wildman–Crippen MR) is 175 cm³/mol. The maximum Gasteiger partial charge on any atom is 0.143 e. The molecule has 41 heavy (non-hydrogen) atoms. The third-order valence-electron chi connectivity index (χ3n) is 7.48. The molecular formula is C40H24O. The van der Waals surface area contributed by atoms with Crippen molar-refractivity contribution in [1.29, 1.82) is 0 Å². The normalized spacial score (nSPS) is 17.4. The second-order valence-corrected chi connectivity index (χ2v) is 9.63. The third kappa shape index (κ3) is 3.24. The Bertz CT molecular complexity index is 3340. The summed E-state index contributed by atoms with van der Waals surface area (Å²) in [5.41, 5.74) is 0.105. The molecule has 1 heteroatoms. The van der Waals surface area contributed by atoms with Crippen LogP contribution in [0.5, 0.6) is 0 Å². The summed E-state index contributed by atoms with van der Waals surface area (Å²) < 4.78 is 149. The molecule has 9 aromatic rings. The maximum absolute atomic E-state index is 9.56. The summed E-state index contributed by atoms with van der Waals surface area (Å²) in [6, 6.07) is 3.53. The second-order valence-electron chi connectivity index (χ2n) is 9.63. The first-order valence-electron chi connectivity index (χ1n) is 20.8. The van der Waals surface area contributed by atoms with Crippen molar-refractivity contribution in [2.24, 2.45) is 0 Å². The number of fused-ring (bicyclic) bond motifs is 9. The highest BCUT2D eigenvalue weighted by atomic mass is 16.3. The highest BCUT2D eigenvalue weighted by molar-refractivity contribution is 6.28. The molecule has 0 aliphatic carbocycles. The molecule has 0 amide bonds. The van der Waals surface area contributed by atoms with Crippen molar-refractivity contribution < 1.29 is 26.3 Å². The van der Waals surface area contributed by atoms with E-state index >= 15 is 0 Å². The van der Waals surface area contributed by atoms with Gasteiger partial charge in [0.25, 0.3) is 0 Å². The van der Waals surface area contributed by atoms with Crippen LogP contribution in [-0.4, -0.2) is 0 Å². The van der Waals surface area contributed by atoms with Crippen molar-refractivity contribution in [3.63, 3.8) is 0 Å². The lowest BCUT2D eigenvalue weighted by molar-refractivity contribution is 0.673. The lowest BCUT2D eigenvalue weighted by Crippen LogP contribution is -1.91. The van der Waals surface area contributed by atoms with Crippen molar-refractivity contribution in [3.05, 3.63) is 145 Å². The molecule has 1 aromatic heterocycles. The van der Waals surface area contributed by atoms with E-state index in [-0.39, 0.29) is 65.5 Å². The van der Waals surface area contributed by atoms with Crippen LogP contribution in [0.25, 0.3) is 87.3 Å². The molecule has 9 rings (SSSR count). The molecule has 0 radical (unpaired) electrons. The lowest BCUT2D eigenvalue weighted by Gasteiger charge is -2.18. The van der Waals surface area contributed by atoms with E-state index in [1.165, 1.54) is 6.07 Å². The average molecular weight is 537 g/mol. The summed E-state index contributed by atoms with van der Waals surface area (Å²) in [7, 11) is 0. The van der Waals surface area contributed by atoms with E-state index in [4.69, 9.17) is 20.9 Å². The molecule has 0 fully saturated rings. The summed E-state index contributed by atoms with van der Waals surface area (Å²) in [5.74, 6) is 0. The second kappa shape index (κ2) is 8.55. The molecule has 0 unspecified atom stereocenters. The van der Waals surface area contributed by atoms with Crippen LogP contribution < -0.4 is 0 Å². The van der Waals surface area contributed by atoms with Gasteiger partial charge >= 0.3 is 0 Å². The molecule has 0 atom stereocenters. The molecular weight excluding hydrogens is 496 g/mol. The standard InChI is InChI=1S/C40H24O/c1-2-10-25(11-3-1)31-22-23-36-38(34-21-19-27-13-5-9-17-32(27)40(34)41-36)39(31)37-30-16-8-6-14-28(30)24-35-29-15-7-4-12-26(29)18-20-33(35)37/h1-24H/i1D,2D,3D,4D,6D,7D,8D,10D,11D,12D,14D,15D,16D,18D,20D,24D. The summed E-state index contributed by atoms with van der Waals surface area (Å²) in [5, 5.41) is 0.284. The molecule has 0 aliphatic heterocycles. The van der Waals surface area contributed by atoms with Crippen LogP contribution in [0.1, 0.15) is 21.9 Å². The van der Waals surface area contributed by atoms with E-state index in [1.54, 1.807) is 12.1 Å². The van der Waals surface area contributed by atoms with Crippen LogP contribution in [0.3, 0.4) is 0 Å². The van der Waals surface area contributed by atoms with Crippen LogP contribution >= 0.6 is 0 Å². The third-order valence-corrected chi connectivity index (χ3v) is 7.48. The Labute approximate surface area is 259 Å². The quantitative estimate of drug-likeness (QED) is 0.158. The lowest BCUT2D eigenvalue weighted by atomic mass is 9.84. The Morgan fingerprint density at radius 1 is 0.463 bits per heavy atom. The highest BCUT2D eigenvalue weighted by Crippen LogP contribution is 2.49. The average Bonchev–Trinajstić information content (AvgIpc) is 3.59. The summed E-state index contributed by atoms with van der Waals surface area (Å²) in [6.07, 6.45) is 0. The van der Waals surface area contributed by atoms with Gasteiger partial charge < -0.3 is 4.42 Å². The minimum absolute atomic E-state index is 0.00632. The van der Waals surface area contributed by atoms with Gasteiger partial charge in [-0.3, -0.25) is 0 Å². The molecule has 0 N–H and O–H groups in total. The van der Waals surface area contributed by atoms with E-state index < -0.39 is 96.7 Å². The van der Waals surface area contributed by atoms with Gasteiger partial charge in [-0.2, -0.15) is 0 Å². The smallest absolute Gasteiger partial charge is 0.143 e. The molecule has 190 valence electrons. The van der Waals surface area contributed by atoms with E-state index in [0.29, 0.717) is 16.4 Å². The number of rotatable bonds is 2. The van der Waals surface area contributed by atoms with Crippen molar-refractivity contribution >= 4 is 65.0 Å². The fourth-order valence-electron chi connectivity index (χ4n) is 5.76. The monoisotopic (exact) mass is 536 g/mol. The van der Waals surface area contributed by atoms with E-state index in [2.05, 4.69) is 0 Å². The molecule has 0 saturated carbocycles. The first kappa shape index (κ1) is 12.0. The zero-order valence-electron chi connectivity index (χ0n) is 37.0. The summed E-state index contributed by atoms with van der Waals surface area (Å²) >= 11 is 0. The number of hydrogen-bond donors (Lipinski definition) is 0. The number of furan rings is 1. The molecule has 8 aromatic carbocycles. The first-order valence-corrected chi connectivity index (χ1v) is 12.8. The van der Waals surface area contributed by atoms with Crippen LogP contribution in [0, 0.1) is 0 Å². The molecule has 0 saturated heterocycles. The molecule has 0 bridgehead atoms. The molecule has 0 aliphatic rings. The summed E-state index contributed by atoms with van der Waals surface area (Å²) in [6.45, 7) is 0. The van der Waals surface area contributed by atoms with E-state index in [9.17, 15) is 5.48 Å². The van der Waals surface area contributed by atoms with Gasteiger partial charge in [-0.05, 0) is 72.6 Å². The summed E-state index contributed by atoms with van der Waals surface area (Å²) in [4.78, 5) is 0. The number of hydrogen-bond acceptors (Lipinski definition) is 1. The van der Waals surface area contributed by atoms with Gasteiger partial charge in [0.05, 0.1) is 21.9 Å². The fraction of sp³-hybridized carbons (Fsp3) is 0. The van der Waals surface area contributed by atoms with Crippen molar-refractivity contribution in [2.45, 2.75) is 0 Å². The van der Waals surface area contributed by atoms with Crippen LogP contribution in [0.2, 0.25) is 0 Å². The zero-order valence-corrected chi connectivity index (χ0v) is 21.0. The van der Waals surface area contributed by atoms with Crippen LogP contribution in [0.15, 0.2) is 150 Å². The van der Waals surface area contributed by atoms with Gasteiger partial charge in [0.2, 0.25) is 0 Å². The van der Waals surface area contributed by atoms with Gasteiger partial charge in [-0.25, -0.2) is 0 Å². The SMILES string of the molecule is [2H]c1c([2H])c([2H])c(-c2ccc3oc4c5ccccc5ccc4c3c2-c2c3c([2H])c([2H])c([2H])c([2H])c3c([2H])c3c2c([2H])c([2H])c2c([2H])c([2H])c([2H])c([2H])c23)c([2H])c1[2H]. The Kier molecular flexibility index (Phi) is 2.50. The molecule has 0 spiro atoms. The van der Waals surface area contributed by atoms with Gasteiger partial charge in [0.15, 0.2) is 0 Å². The Morgan fingerprint density at radius 3 is 2.15 bits per heavy atom. The van der Waals surface area contributed by atoms with Crippen molar-refractivity contribution in [2.75, 3.05) is 0 Å². The Balaban J connectivity index is 1.70. The van der Waals surface area contributed by atoms with Gasteiger partial charge in [0.1, 0.15) is 11.2 Å². The Hall–Kier alpha value is -5.40. The number of benzene rings is 8. The molecule has 1 nitrogen and oxygen atoms in total. The highest BCUT2D eigenvalue weighted by Gasteiger charge is 2.22. The topological polar surface area (TPSA) is 13.1 Å². The van der Waals surface area contributed by atoms with Gasteiger partial charge in [0, 0.05) is 21.7 Å². The predicted octanol–water partition coefficient (Wildman–Crippen LogP) is 11.5. The minimum atomic E-state index is -0.704. The first-order chi connectivity index (χ1) is 27.0. The van der Waals surface area contributed by atoms with E-state index in [0.717, 1.165) is 5.39 Å².